The van der Waals surface area contributed by atoms with Crippen molar-refractivity contribution >= 4 is 17.1 Å². The molecule has 0 amide bonds. The van der Waals surface area contributed by atoms with Gasteiger partial charge in [-0.05, 0) is 12.1 Å². The van der Waals surface area contributed by atoms with E-state index in [1.54, 1.807) is 6.26 Å². The summed E-state index contributed by atoms with van der Waals surface area (Å²) in [7, 11) is 0. The van der Waals surface area contributed by atoms with Gasteiger partial charge >= 0.3 is 0 Å². The molecule has 0 bridgehead atoms. The Morgan fingerprint density at radius 1 is 1.31 bits per heavy atom. The third-order valence-electron chi connectivity index (χ3n) is 2.20. The van der Waals surface area contributed by atoms with Crippen LogP contribution in [0, 0.1) is 0 Å². The largest absolute Gasteiger partial charge is 0.480 e. The molecule has 0 saturated heterocycles. The highest BCUT2D eigenvalue weighted by atomic mass is 16.5. The molecule has 3 rings (SSSR count). The Balaban J connectivity index is 2.41. The molecule has 0 unspecified atom stereocenters. The molecule has 1 aliphatic heterocycles. The molecular weight excluding hydrogens is 164 g/mol. The van der Waals surface area contributed by atoms with Crippen molar-refractivity contribution in [3.05, 3.63) is 36.4 Å². The Morgan fingerprint density at radius 2 is 2.23 bits per heavy atom. The Hall–Kier alpha value is -1.77. The van der Waals surface area contributed by atoms with E-state index in [-0.39, 0.29) is 0 Å². The molecule has 64 valence electrons. The summed E-state index contributed by atoms with van der Waals surface area (Å²) in [5, 5.41) is 0. The normalized spacial score (nSPS) is 14.2. The molecule has 0 N–H and O–H groups in total. The molecule has 0 saturated carbocycles. The van der Waals surface area contributed by atoms with Crippen molar-refractivity contribution in [1.82, 2.24) is 9.55 Å². The molecule has 1 aliphatic rings. The summed E-state index contributed by atoms with van der Waals surface area (Å²) in [5.41, 5.74) is 2.15. The fraction of sp³-hybridized carbons (Fsp3) is 0.100. The lowest BCUT2D eigenvalue weighted by Gasteiger charge is -2.09. The van der Waals surface area contributed by atoms with Gasteiger partial charge in [0, 0.05) is 6.08 Å². The molecule has 0 radical (unpaired) electrons. The van der Waals surface area contributed by atoms with Gasteiger partial charge in [0.2, 0.25) is 0 Å². The Bertz CT molecular complexity index is 485. The highest BCUT2D eigenvalue weighted by molar-refractivity contribution is 5.77. The zero-order chi connectivity index (χ0) is 8.67. The molecule has 0 spiro atoms. The van der Waals surface area contributed by atoms with Gasteiger partial charge < -0.3 is 4.74 Å². The molecule has 0 atom stereocenters. The van der Waals surface area contributed by atoms with Crippen LogP contribution in [0.5, 0.6) is 0 Å². The van der Waals surface area contributed by atoms with E-state index in [1.807, 2.05) is 30.3 Å². The second kappa shape index (κ2) is 2.36. The van der Waals surface area contributed by atoms with Crippen molar-refractivity contribution in [3.63, 3.8) is 0 Å². The smallest absolute Gasteiger partial charge is 0.166 e. The van der Waals surface area contributed by atoms with Crippen LogP contribution in [0.15, 0.2) is 30.5 Å². The highest BCUT2D eigenvalue weighted by Gasteiger charge is 2.09. The summed E-state index contributed by atoms with van der Waals surface area (Å²) in [6.45, 7) is 0.562. The van der Waals surface area contributed by atoms with Gasteiger partial charge in [-0.1, -0.05) is 12.1 Å². The third-order valence-corrected chi connectivity index (χ3v) is 2.20. The van der Waals surface area contributed by atoms with Gasteiger partial charge in [-0.15, -0.1) is 0 Å². The van der Waals surface area contributed by atoms with Crippen molar-refractivity contribution in [2.24, 2.45) is 0 Å². The lowest BCUT2D eigenvalue weighted by atomic mass is 10.3. The summed E-state index contributed by atoms with van der Waals surface area (Å²) in [5.74, 6) is 0.965. The number of hydrogen-bond donors (Lipinski definition) is 0. The maximum absolute atomic E-state index is 5.20. The van der Waals surface area contributed by atoms with Crippen molar-refractivity contribution in [2.45, 2.75) is 6.73 Å². The van der Waals surface area contributed by atoms with Crippen LogP contribution in [0.2, 0.25) is 0 Å². The summed E-state index contributed by atoms with van der Waals surface area (Å²) < 4.78 is 7.26. The fourth-order valence-corrected chi connectivity index (χ4v) is 1.58. The lowest BCUT2D eigenvalue weighted by molar-refractivity contribution is 0.173. The van der Waals surface area contributed by atoms with Gasteiger partial charge in [-0.2, -0.15) is 0 Å². The molecule has 1 aromatic heterocycles. The fourth-order valence-electron chi connectivity index (χ4n) is 1.58. The van der Waals surface area contributed by atoms with Gasteiger partial charge in [0.15, 0.2) is 6.73 Å². The van der Waals surface area contributed by atoms with Crippen LogP contribution in [-0.4, -0.2) is 9.55 Å². The van der Waals surface area contributed by atoms with Crippen molar-refractivity contribution in [2.75, 3.05) is 0 Å². The maximum Gasteiger partial charge on any atom is 0.166 e. The Labute approximate surface area is 75.3 Å². The number of fused-ring (bicyclic) bond motifs is 3. The first-order valence-electron chi connectivity index (χ1n) is 4.18. The lowest BCUT2D eigenvalue weighted by Crippen LogP contribution is -2.05. The molecule has 2 heterocycles. The summed E-state index contributed by atoms with van der Waals surface area (Å²) in [4.78, 5) is 4.45. The molecule has 13 heavy (non-hydrogen) atoms. The van der Waals surface area contributed by atoms with E-state index in [0.717, 1.165) is 16.9 Å². The standard InChI is InChI=1S/C10H8N2O/c1-2-4-9-8(3-1)11-10-5-6-13-7-12(9)10/h1-6H,7H2. The van der Waals surface area contributed by atoms with Crippen LogP contribution < -0.4 is 0 Å². The number of hydrogen-bond acceptors (Lipinski definition) is 2. The van der Waals surface area contributed by atoms with Gasteiger partial charge in [-0.25, -0.2) is 4.98 Å². The molecule has 3 heteroatoms. The first-order chi connectivity index (χ1) is 6.45. The second-order valence-corrected chi connectivity index (χ2v) is 2.99. The van der Waals surface area contributed by atoms with E-state index < -0.39 is 0 Å². The van der Waals surface area contributed by atoms with Crippen LogP contribution >= 0.6 is 0 Å². The van der Waals surface area contributed by atoms with E-state index in [2.05, 4.69) is 9.55 Å². The molecule has 0 aliphatic carbocycles. The van der Waals surface area contributed by atoms with Crippen LogP contribution in [0.1, 0.15) is 5.82 Å². The SMILES string of the molecule is C1=Cc2nc3ccccc3n2CO1. The summed E-state index contributed by atoms with van der Waals surface area (Å²) in [6.07, 6.45) is 3.56. The number of imidazole rings is 1. The zero-order valence-corrected chi connectivity index (χ0v) is 6.97. The summed E-state index contributed by atoms with van der Waals surface area (Å²) in [6, 6.07) is 8.06. The van der Waals surface area contributed by atoms with E-state index in [4.69, 9.17) is 4.74 Å². The number of nitrogens with zero attached hydrogens (tertiary/aromatic N) is 2. The monoisotopic (exact) mass is 172 g/mol. The second-order valence-electron chi connectivity index (χ2n) is 2.99. The molecular formula is C10H8N2O. The van der Waals surface area contributed by atoms with Crippen LogP contribution in [0.3, 0.4) is 0 Å². The van der Waals surface area contributed by atoms with Crippen molar-refractivity contribution < 1.29 is 4.74 Å². The molecule has 3 nitrogen and oxygen atoms in total. The first kappa shape index (κ1) is 6.71. The average Bonchev–Trinajstić information content (AvgIpc) is 2.56. The quantitative estimate of drug-likeness (QED) is 0.607. The predicted octanol–water partition coefficient (Wildman–Crippen LogP) is 1.99. The van der Waals surface area contributed by atoms with Crippen molar-refractivity contribution in [1.29, 1.82) is 0 Å². The number of para-hydroxylation sites is 2. The van der Waals surface area contributed by atoms with Gasteiger partial charge in [-0.3, -0.25) is 4.57 Å². The minimum Gasteiger partial charge on any atom is -0.480 e. The Morgan fingerprint density at radius 3 is 3.23 bits per heavy atom. The summed E-state index contributed by atoms with van der Waals surface area (Å²) >= 11 is 0. The van der Waals surface area contributed by atoms with E-state index in [9.17, 15) is 0 Å². The van der Waals surface area contributed by atoms with E-state index >= 15 is 0 Å². The molecule has 1 aromatic carbocycles. The molecule has 0 fully saturated rings. The number of aromatic nitrogens is 2. The van der Waals surface area contributed by atoms with E-state index in [1.165, 1.54) is 0 Å². The number of benzene rings is 1. The topological polar surface area (TPSA) is 27.1 Å². The number of rotatable bonds is 0. The van der Waals surface area contributed by atoms with Crippen LogP contribution in [-0.2, 0) is 11.5 Å². The van der Waals surface area contributed by atoms with Crippen LogP contribution in [0.4, 0.5) is 0 Å². The highest BCUT2D eigenvalue weighted by Crippen LogP contribution is 2.19. The van der Waals surface area contributed by atoms with Gasteiger partial charge in [0.05, 0.1) is 17.3 Å². The van der Waals surface area contributed by atoms with Crippen molar-refractivity contribution in [3.8, 4) is 0 Å². The zero-order valence-electron chi connectivity index (χ0n) is 6.97. The maximum atomic E-state index is 5.20. The first-order valence-corrected chi connectivity index (χ1v) is 4.18. The Kier molecular flexibility index (Phi) is 1.22. The van der Waals surface area contributed by atoms with Gasteiger partial charge in [0.25, 0.3) is 0 Å². The molecule has 2 aromatic rings. The third kappa shape index (κ3) is 0.869. The predicted molar refractivity (Wildman–Crippen MR) is 49.9 cm³/mol. The van der Waals surface area contributed by atoms with Crippen LogP contribution in [0.25, 0.3) is 17.1 Å². The minimum absolute atomic E-state index is 0.562. The van der Waals surface area contributed by atoms with Gasteiger partial charge in [0.1, 0.15) is 5.82 Å². The average molecular weight is 172 g/mol. The minimum atomic E-state index is 0.562. The number of ether oxygens (including phenoxy) is 1. The van der Waals surface area contributed by atoms with E-state index in [0.29, 0.717) is 6.73 Å².